The smallest absolute Gasteiger partial charge is 0.282 e. The molecule has 1 aliphatic rings. The maximum Gasteiger partial charge on any atom is 0.282 e. The van der Waals surface area contributed by atoms with Gasteiger partial charge in [0.25, 0.3) is 6.43 Å². The Balaban J connectivity index is 1.92. The zero-order chi connectivity index (χ0) is 19.6. The minimum atomic E-state index is -3.49. The Morgan fingerprint density at radius 3 is 2.48 bits per heavy atom. The van der Waals surface area contributed by atoms with Gasteiger partial charge in [-0.15, -0.1) is 10.2 Å². The first-order valence-corrected chi connectivity index (χ1v) is 10.8. The number of halogens is 2. The topological polar surface area (TPSA) is 89.8 Å². The summed E-state index contributed by atoms with van der Waals surface area (Å²) in [6, 6.07) is 2.71. The van der Waals surface area contributed by atoms with Gasteiger partial charge in [0.1, 0.15) is 11.5 Å². The minimum absolute atomic E-state index is 0.180. The third kappa shape index (κ3) is 4.42. The molecule has 27 heavy (non-hydrogen) atoms. The van der Waals surface area contributed by atoms with Crippen LogP contribution in [0.3, 0.4) is 0 Å². The van der Waals surface area contributed by atoms with Gasteiger partial charge in [0.15, 0.2) is 20.7 Å². The van der Waals surface area contributed by atoms with Crippen LogP contribution in [0.5, 0.6) is 0 Å². The average molecular weight is 399 g/mol. The molecule has 0 amide bonds. The van der Waals surface area contributed by atoms with E-state index in [1.807, 2.05) is 0 Å². The van der Waals surface area contributed by atoms with Gasteiger partial charge >= 0.3 is 0 Å². The van der Waals surface area contributed by atoms with Crippen LogP contribution in [0.1, 0.15) is 49.8 Å². The van der Waals surface area contributed by atoms with E-state index in [4.69, 9.17) is 0 Å². The maximum absolute atomic E-state index is 13.3. The number of hydrogen-bond acceptors (Lipinski definition) is 6. The molecule has 1 saturated carbocycles. The first-order chi connectivity index (χ1) is 12.8. The van der Waals surface area contributed by atoms with E-state index < -0.39 is 16.3 Å². The molecule has 0 bridgehead atoms. The Hall–Kier alpha value is -2.10. The van der Waals surface area contributed by atoms with Crippen molar-refractivity contribution < 1.29 is 17.2 Å². The molecule has 2 aromatic heterocycles. The Kier molecular flexibility index (Phi) is 5.73. The average Bonchev–Trinajstić information content (AvgIpc) is 2.97. The van der Waals surface area contributed by atoms with Crippen molar-refractivity contribution in [1.82, 2.24) is 20.0 Å². The first kappa shape index (κ1) is 19.7. The van der Waals surface area contributed by atoms with E-state index in [-0.39, 0.29) is 16.5 Å². The summed E-state index contributed by atoms with van der Waals surface area (Å²) in [7, 11) is -3.49. The molecule has 0 aliphatic heterocycles. The van der Waals surface area contributed by atoms with Gasteiger partial charge < -0.3 is 5.32 Å². The number of aromatic nitrogens is 4. The predicted octanol–water partition coefficient (Wildman–Crippen LogP) is 3.30. The Morgan fingerprint density at radius 1 is 1.22 bits per heavy atom. The summed E-state index contributed by atoms with van der Waals surface area (Å²) in [5, 5.41) is 14.6. The van der Waals surface area contributed by atoms with Crippen molar-refractivity contribution in [3.8, 4) is 5.82 Å². The van der Waals surface area contributed by atoms with Crippen molar-refractivity contribution in [2.45, 2.75) is 50.5 Å². The highest BCUT2D eigenvalue weighted by molar-refractivity contribution is 7.90. The van der Waals surface area contributed by atoms with E-state index in [9.17, 15) is 17.2 Å². The lowest BCUT2D eigenvalue weighted by Crippen LogP contribution is -2.19. The van der Waals surface area contributed by atoms with Gasteiger partial charge in [0, 0.05) is 18.4 Å². The van der Waals surface area contributed by atoms with Gasteiger partial charge in [-0.2, -0.15) is 9.78 Å². The zero-order valence-corrected chi connectivity index (χ0v) is 16.1. The van der Waals surface area contributed by atoms with Crippen molar-refractivity contribution in [3.63, 3.8) is 0 Å². The summed E-state index contributed by atoms with van der Waals surface area (Å²) in [5.41, 5.74) is 0.0323. The molecule has 0 saturated heterocycles. The summed E-state index contributed by atoms with van der Waals surface area (Å²) in [5.74, 6) is 1.12. The van der Waals surface area contributed by atoms with Crippen molar-refractivity contribution in [2.24, 2.45) is 5.92 Å². The first-order valence-electron chi connectivity index (χ1n) is 8.93. The molecule has 0 radical (unpaired) electrons. The summed E-state index contributed by atoms with van der Waals surface area (Å²) in [6.07, 6.45) is 4.16. The number of sulfone groups is 1. The summed E-state index contributed by atoms with van der Waals surface area (Å²) in [6.45, 7) is 2.26. The molecule has 148 valence electrons. The molecule has 0 aromatic carbocycles. The summed E-state index contributed by atoms with van der Waals surface area (Å²) >= 11 is 0. The van der Waals surface area contributed by atoms with Crippen LogP contribution in [-0.4, -0.2) is 41.2 Å². The third-order valence-electron chi connectivity index (χ3n) is 4.87. The quantitative estimate of drug-likeness (QED) is 0.802. The number of alkyl halides is 2. The van der Waals surface area contributed by atoms with Crippen LogP contribution in [0.4, 0.5) is 14.6 Å². The molecule has 1 fully saturated rings. The fourth-order valence-electron chi connectivity index (χ4n) is 3.35. The van der Waals surface area contributed by atoms with E-state index in [0.717, 1.165) is 19.1 Å². The SMILES string of the molecule is Cc1c(C(F)F)nn(-c2ccc(S(C)(=O)=O)nn2)c1NCC1CCCCC1. The van der Waals surface area contributed by atoms with Crippen LogP contribution in [0.25, 0.3) is 5.82 Å². The van der Waals surface area contributed by atoms with Crippen LogP contribution in [0.15, 0.2) is 17.2 Å². The molecule has 0 spiro atoms. The Labute approximate surface area is 157 Å². The van der Waals surface area contributed by atoms with Gasteiger partial charge in [-0.1, -0.05) is 19.3 Å². The van der Waals surface area contributed by atoms with Gasteiger partial charge in [-0.05, 0) is 37.8 Å². The second-order valence-electron chi connectivity index (χ2n) is 6.96. The molecular weight excluding hydrogens is 376 g/mol. The molecule has 0 atom stereocenters. The normalized spacial score (nSPS) is 16.0. The molecule has 0 unspecified atom stereocenters. The molecule has 3 rings (SSSR count). The maximum atomic E-state index is 13.3. The summed E-state index contributed by atoms with van der Waals surface area (Å²) < 4.78 is 51.0. The predicted molar refractivity (Wildman–Crippen MR) is 97.0 cm³/mol. The number of hydrogen-bond donors (Lipinski definition) is 1. The lowest BCUT2D eigenvalue weighted by molar-refractivity contribution is 0.144. The minimum Gasteiger partial charge on any atom is -0.369 e. The van der Waals surface area contributed by atoms with E-state index >= 15 is 0 Å². The number of nitrogens with one attached hydrogen (secondary N) is 1. The van der Waals surface area contributed by atoms with E-state index in [1.54, 1.807) is 6.92 Å². The second kappa shape index (κ2) is 7.87. The number of anilines is 1. The largest absolute Gasteiger partial charge is 0.369 e. The van der Waals surface area contributed by atoms with Crippen molar-refractivity contribution in [2.75, 3.05) is 18.1 Å². The van der Waals surface area contributed by atoms with Crippen molar-refractivity contribution in [1.29, 1.82) is 0 Å². The van der Waals surface area contributed by atoms with Crippen molar-refractivity contribution in [3.05, 3.63) is 23.4 Å². The Morgan fingerprint density at radius 2 is 1.93 bits per heavy atom. The molecule has 1 N–H and O–H groups in total. The van der Waals surface area contributed by atoms with Gasteiger partial charge in [0.05, 0.1) is 0 Å². The molecule has 2 aromatic rings. The van der Waals surface area contributed by atoms with Crippen LogP contribution >= 0.6 is 0 Å². The van der Waals surface area contributed by atoms with E-state index in [2.05, 4.69) is 20.6 Å². The highest BCUT2D eigenvalue weighted by Gasteiger charge is 2.24. The zero-order valence-electron chi connectivity index (χ0n) is 15.3. The van der Waals surface area contributed by atoms with Gasteiger partial charge in [0.2, 0.25) is 0 Å². The standard InChI is InChI=1S/C17H23F2N5O2S/c1-11-15(16(18)19)23-24(13-8-9-14(22-21-13)27(2,25)26)17(11)20-10-12-6-4-3-5-7-12/h8-9,12,16,20H,3-7,10H2,1-2H3. The molecular formula is C17H23F2N5O2S. The fourth-order valence-corrected chi connectivity index (χ4v) is 3.85. The third-order valence-corrected chi connectivity index (χ3v) is 5.85. The van der Waals surface area contributed by atoms with E-state index in [0.29, 0.717) is 23.8 Å². The molecule has 1 aliphatic carbocycles. The van der Waals surface area contributed by atoms with Crippen LogP contribution in [0, 0.1) is 12.8 Å². The lowest BCUT2D eigenvalue weighted by Gasteiger charge is -2.22. The van der Waals surface area contributed by atoms with Crippen LogP contribution in [-0.2, 0) is 9.84 Å². The Bertz CT molecular complexity index is 891. The summed E-state index contributed by atoms with van der Waals surface area (Å²) in [4.78, 5) is 0. The highest BCUT2D eigenvalue weighted by atomic mass is 32.2. The number of nitrogens with zero attached hydrogens (tertiary/aromatic N) is 4. The van der Waals surface area contributed by atoms with Gasteiger partial charge in [-0.25, -0.2) is 17.2 Å². The van der Waals surface area contributed by atoms with Crippen LogP contribution < -0.4 is 5.32 Å². The molecule has 7 nitrogen and oxygen atoms in total. The lowest BCUT2D eigenvalue weighted by atomic mass is 9.89. The fraction of sp³-hybridized carbons (Fsp3) is 0.588. The molecule has 2 heterocycles. The highest BCUT2D eigenvalue weighted by Crippen LogP contribution is 2.30. The number of rotatable bonds is 6. The van der Waals surface area contributed by atoms with Crippen LogP contribution in [0.2, 0.25) is 0 Å². The van der Waals surface area contributed by atoms with Crippen molar-refractivity contribution >= 4 is 15.7 Å². The monoisotopic (exact) mass is 399 g/mol. The molecule has 10 heteroatoms. The van der Waals surface area contributed by atoms with E-state index in [1.165, 1.54) is 36.1 Å². The van der Waals surface area contributed by atoms with Gasteiger partial charge in [-0.3, -0.25) is 0 Å². The second-order valence-corrected chi connectivity index (χ2v) is 8.92.